The third-order valence-corrected chi connectivity index (χ3v) is 12.2. The van der Waals surface area contributed by atoms with Crippen LogP contribution in [-0.2, 0) is 0 Å². The molecule has 0 spiro atoms. The second-order valence-corrected chi connectivity index (χ2v) is 15.2. The molecular formula is C48H50N2. The molecule has 1 fully saturated rings. The van der Waals surface area contributed by atoms with Gasteiger partial charge >= 0.3 is 0 Å². The van der Waals surface area contributed by atoms with Crippen LogP contribution >= 0.6 is 0 Å². The highest BCUT2D eigenvalue weighted by molar-refractivity contribution is 5.82. The van der Waals surface area contributed by atoms with Crippen molar-refractivity contribution in [2.45, 2.75) is 95.4 Å². The van der Waals surface area contributed by atoms with E-state index < -0.39 is 0 Å². The number of allylic oxidation sites excluding steroid dienone is 13. The number of hydrogen-bond donors (Lipinski definition) is 0. The molecular weight excluding hydrogens is 605 g/mol. The summed E-state index contributed by atoms with van der Waals surface area (Å²) in [6.45, 7) is 0. The zero-order valence-electron chi connectivity index (χ0n) is 29.4. The van der Waals surface area contributed by atoms with Crippen LogP contribution in [0.4, 0.5) is 17.1 Å². The summed E-state index contributed by atoms with van der Waals surface area (Å²) < 4.78 is 0. The second-order valence-electron chi connectivity index (χ2n) is 15.2. The van der Waals surface area contributed by atoms with Crippen molar-refractivity contribution in [2.75, 3.05) is 9.80 Å². The molecule has 6 aliphatic rings. The van der Waals surface area contributed by atoms with Crippen LogP contribution in [0.3, 0.4) is 0 Å². The lowest BCUT2D eigenvalue weighted by molar-refractivity contribution is 0.428. The lowest BCUT2D eigenvalue weighted by atomic mass is 9.81. The molecule has 0 aromatic heterocycles. The molecule has 2 heteroatoms. The standard InChI is InChI=1S/C48H50N2/c1-5-13-35(14-6-1)36-21-23-37(24-22-36)38-25-27-39(28-26-38)40-29-32-47-46(33-40)45-31-30-44(34-48(45)50(47)43-19-11-4-12-20-43)49(41-15-7-2-8-16-41)42-17-9-3-10-18-42/h1-2,5,7-9,15-18,21,23,25-32,34-35,43,46H,3-4,6,10-14,19-20,22,24,33H2. The normalized spacial score (nSPS) is 23.3. The fourth-order valence-electron chi connectivity index (χ4n) is 9.54. The van der Waals surface area contributed by atoms with Crippen molar-refractivity contribution < 1.29 is 0 Å². The Balaban J connectivity index is 1.01. The summed E-state index contributed by atoms with van der Waals surface area (Å²) in [5, 5.41) is 0. The van der Waals surface area contributed by atoms with E-state index in [9.17, 15) is 0 Å². The predicted molar refractivity (Wildman–Crippen MR) is 212 cm³/mol. The number of nitrogens with zero attached hydrogens (tertiary/aromatic N) is 2. The average Bonchev–Trinajstić information content (AvgIpc) is 3.53. The first kappa shape index (κ1) is 31.4. The highest BCUT2D eigenvalue weighted by atomic mass is 15.2. The smallest absolute Gasteiger partial charge is 0.0482 e. The largest absolute Gasteiger partial charge is 0.341 e. The molecule has 3 aromatic rings. The average molecular weight is 655 g/mol. The van der Waals surface area contributed by atoms with Crippen molar-refractivity contribution in [1.82, 2.24) is 0 Å². The number of hydrogen-bond acceptors (Lipinski definition) is 2. The van der Waals surface area contributed by atoms with E-state index in [2.05, 4.69) is 137 Å². The van der Waals surface area contributed by atoms with Crippen LogP contribution in [0.1, 0.15) is 106 Å². The van der Waals surface area contributed by atoms with E-state index in [1.54, 1.807) is 5.57 Å². The molecule has 0 N–H and O–H groups in total. The summed E-state index contributed by atoms with van der Waals surface area (Å²) in [7, 11) is 0. The van der Waals surface area contributed by atoms with E-state index in [0.717, 1.165) is 31.6 Å². The minimum Gasteiger partial charge on any atom is -0.341 e. The zero-order valence-corrected chi connectivity index (χ0v) is 29.4. The first-order valence-electron chi connectivity index (χ1n) is 19.5. The number of rotatable bonds is 7. The first-order valence-corrected chi connectivity index (χ1v) is 19.5. The van der Waals surface area contributed by atoms with E-state index in [1.165, 1.54) is 114 Å². The molecule has 9 rings (SSSR count). The van der Waals surface area contributed by atoms with Gasteiger partial charge in [0.25, 0.3) is 0 Å². The van der Waals surface area contributed by atoms with Gasteiger partial charge in [0.15, 0.2) is 0 Å². The minimum atomic E-state index is 0.402. The summed E-state index contributed by atoms with van der Waals surface area (Å²) in [6.07, 6.45) is 37.5. The maximum absolute atomic E-state index is 2.77. The van der Waals surface area contributed by atoms with E-state index in [1.807, 2.05) is 0 Å². The third-order valence-electron chi connectivity index (χ3n) is 12.2. The lowest BCUT2D eigenvalue weighted by Gasteiger charge is -2.36. The van der Waals surface area contributed by atoms with Crippen LogP contribution < -0.4 is 9.80 Å². The fourth-order valence-corrected chi connectivity index (χ4v) is 9.54. The Kier molecular flexibility index (Phi) is 8.79. The molecule has 0 amide bonds. The van der Waals surface area contributed by atoms with Crippen molar-refractivity contribution in [1.29, 1.82) is 0 Å². The molecule has 2 atom stereocenters. The monoisotopic (exact) mass is 654 g/mol. The Morgan fingerprint density at radius 2 is 1.46 bits per heavy atom. The van der Waals surface area contributed by atoms with Gasteiger partial charge in [-0.15, -0.1) is 0 Å². The van der Waals surface area contributed by atoms with Crippen molar-refractivity contribution in [3.8, 4) is 0 Å². The maximum Gasteiger partial charge on any atom is 0.0482 e. The van der Waals surface area contributed by atoms with E-state index >= 15 is 0 Å². The summed E-state index contributed by atoms with van der Waals surface area (Å²) in [4.78, 5) is 5.23. The third kappa shape index (κ3) is 6.08. The molecule has 3 aromatic carbocycles. The van der Waals surface area contributed by atoms with Crippen LogP contribution in [0.2, 0.25) is 0 Å². The van der Waals surface area contributed by atoms with Crippen LogP contribution in [-0.4, -0.2) is 6.04 Å². The van der Waals surface area contributed by atoms with Gasteiger partial charge in [0.2, 0.25) is 0 Å². The number of benzene rings is 3. The van der Waals surface area contributed by atoms with Crippen molar-refractivity contribution in [2.24, 2.45) is 5.92 Å². The molecule has 252 valence electrons. The second kappa shape index (κ2) is 14.0. The van der Waals surface area contributed by atoms with Gasteiger partial charge in [0.05, 0.1) is 0 Å². The van der Waals surface area contributed by atoms with Crippen LogP contribution in [0, 0.1) is 5.92 Å². The van der Waals surface area contributed by atoms with Gasteiger partial charge in [0, 0.05) is 40.4 Å². The van der Waals surface area contributed by atoms with Crippen molar-refractivity contribution >= 4 is 28.2 Å². The molecule has 1 saturated carbocycles. The van der Waals surface area contributed by atoms with Crippen LogP contribution in [0.25, 0.3) is 11.1 Å². The van der Waals surface area contributed by atoms with Crippen molar-refractivity contribution in [3.63, 3.8) is 0 Å². The number of fused-ring (bicyclic) bond motifs is 3. The summed E-state index contributed by atoms with van der Waals surface area (Å²) in [6, 6.07) is 28.4. The van der Waals surface area contributed by atoms with E-state index in [-0.39, 0.29) is 0 Å². The maximum atomic E-state index is 2.77. The molecule has 2 nitrogen and oxygen atoms in total. The van der Waals surface area contributed by atoms with Gasteiger partial charge in [0.1, 0.15) is 0 Å². The Hall–Kier alpha value is -4.56. The Labute approximate surface area is 299 Å². The molecule has 0 saturated heterocycles. The Bertz CT molecular complexity index is 1940. The molecule has 1 heterocycles. The summed E-state index contributed by atoms with van der Waals surface area (Å²) in [5.41, 5.74) is 15.5. The van der Waals surface area contributed by atoms with Gasteiger partial charge in [-0.3, -0.25) is 0 Å². The zero-order chi connectivity index (χ0) is 33.3. The van der Waals surface area contributed by atoms with Gasteiger partial charge < -0.3 is 9.80 Å². The van der Waals surface area contributed by atoms with E-state index in [0.29, 0.717) is 12.0 Å². The predicted octanol–water partition coefficient (Wildman–Crippen LogP) is 13.1. The van der Waals surface area contributed by atoms with Crippen molar-refractivity contribution in [3.05, 3.63) is 161 Å². The first-order chi connectivity index (χ1) is 24.8. The topological polar surface area (TPSA) is 6.48 Å². The fraction of sp³-hybridized carbons (Fsp3) is 0.333. The minimum absolute atomic E-state index is 0.402. The summed E-state index contributed by atoms with van der Waals surface area (Å²) in [5.74, 6) is 1.16. The lowest BCUT2D eigenvalue weighted by Crippen LogP contribution is -2.35. The quantitative estimate of drug-likeness (QED) is 0.234. The molecule has 0 radical (unpaired) electrons. The molecule has 50 heavy (non-hydrogen) atoms. The Morgan fingerprint density at radius 1 is 0.640 bits per heavy atom. The van der Waals surface area contributed by atoms with Crippen LogP contribution in [0.5, 0.6) is 0 Å². The van der Waals surface area contributed by atoms with Gasteiger partial charge in [-0.1, -0.05) is 116 Å². The molecule has 0 bridgehead atoms. The number of para-hydroxylation sites is 1. The SMILES string of the molecule is C1=CC(N(c2ccccc2)c2ccc3c(c2)N(C2CCCCC2)C2=CC=C(c4ccc(C5=CC=C(C6CC=CCC6)CC5)cc4)CC23)=CCC1. The summed E-state index contributed by atoms with van der Waals surface area (Å²) >= 11 is 0. The van der Waals surface area contributed by atoms with Gasteiger partial charge in [-0.25, -0.2) is 0 Å². The highest BCUT2D eigenvalue weighted by Gasteiger charge is 2.40. The molecule has 5 aliphatic carbocycles. The Morgan fingerprint density at radius 3 is 2.20 bits per heavy atom. The molecule has 1 aliphatic heterocycles. The van der Waals surface area contributed by atoms with E-state index in [4.69, 9.17) is 0 Å². The van der Waals surface area contributed by atoms with Crippen LogP contribution in [0.15, 0.2) is 144 Å². The number of anilines is 3. The van der Waals surface area contributed by atoms with Gasteiger partial charge in [-0.05, 0) is 134 Å². The molecule has 2 unspecified atom stereocenters. The van der Waals surface area contributed by atoms with Gasteiger partial charge in [-0.2, -0.15) is 0 Å². The highest BCUT2D eigenvalue weighted by Crippen LogP contribution is 2.53.